The summed E-state index contributed by atoms with van der Waals surface area (Å²) in [6.07, 6.45) is -1.31. The molecule has 2 heterocycles. The van der Waals surface area contributed by atoms with E-state index in [1.165, 1.54) is 15.9 Å². The number of aromatic nitrogens is 2. The van der Waals surface area contributed by atoms with Crippen molar-refractivity contribution < 1.29 is 27.5 Å². The highest BCUT2D eigenvalue weighted by molar-refractivity contribution is 5.82. The van der Waals surface area contributed by atoms with Crippen LogP contribution in [0.15, 0.2) is 42.7 Å². The third kappa shape index (κ3) is 6.06. The van der Waals surface area contributed by atoms with Crippen molar-refractivity contribution in [3.63, 3.8) is 0 Å². The molecule has 0 radical (unpaired) electrons. The van der Waals surface area contributed by atoms with Gasteiger partial charge in [-0.15, -0.1) is 0 Å². The molecular formula is C20H22F3N5O3. The fourth-order valence-electron chi connectivity index (χ4n) is 3.12. The number of esters is 1. The lowest BCUT2D eigenvalue weighted by atomic mass is 10.1. The molecule has 2 aromatic rings. The predicted octanol–water partition coefficient (Wildman–Crippen LogP) is 1.82. The molecule has 166 valence electrons. The Morgan fingerprint density at radius 2 is 1.77 bits per heavy atom. The number of piperazine rings is 1. The minimum Gasteiger partial charge on any atom is -0.454 e. The highest BCUT2D eigenvalue weighted by Crippen LogP contribution is 2.31. The molecule has 1 aromatic heterocycles. The van der Waals surface area contributed by atoms with Crippen molar-refractivity contribution in [3.8, 4) is 0 Å². The monoisotopic (exact) mass is 437 g/mol. The maximum atomic E-state index is 12.9. The Balaban J connectivity index is 1.44. The summed E-state index contributed by atoms with van der Waals surface area (Å²) < 4.78 is 43.8. The van der Waals surface area contributed by atoms with Crippen LogP contribution < -0.4 is 9.80 Å². The summed E-state index contributed by atoms with van der Waals surface area (Å²) in [6.45, 7) is 0.908. The lowest BCUT2D eigenvalue weighted by Gasteiger charge is -2.36. The van der Waals surface area contributed by atoms with Gasteiger partial charge in [-0.05, 0) is 24.3 Å². The standard InChI is InChI=1S/C20H22F3N5O3/c1-26(19-24-6-3-7-25-19)13-18(30)31-14-17(29)28-10-8-27(9-11-28)16-5-2-4-15(12-16)20(21,22)23/h2-7,12H,8-11,13-14H2,1H3. The van der Waals surface area contributed by atoms with E-state index in [4.69, 9.17) is 4.74 Å². The number of hydrogen-bond donors (Lipinski definition) is 0. The van der Waals surface area contributed by atoms with Gasteiger partial charge in [-0.3, -0.25) is 9.59 Å². The van der Waals surface area contributed by atoms with Crippen LogP contribution in [0.25, 0.3) is 0 Å². The van der Waals surface area contributed by atoms with E-state index in [1.807, 2.05) is 0 Å². The van der Waals surface area contributed by atoms with Gasteiger partial charge in [-0.2, -0.15) is 13.2 Å². The van der Waals surface area contributed by atoms with Crippen molar-refractivity contribution in [2.75, 3.05) is 56.2 Å². The average Bonchev–Trinajstić information content (AvgIpc) is 2.77. The minimum atomic E-state index is -4.40. The molecule has 1 amide bonds. The van der Waals surface area contributed by atoms with Gasteiger partial charge in [0.25, 0.3) is 5.91 Å². The van der Waals surface area contributed by atoms with E-state index in [0.717, 1.165) is 12.1 Å². The van der Waals surface area contributed by atoms with Gasteiger partial charge < -0.3 is 19.4 Å². The zero-order valence-electron chi connectivity index (χ0n) is 16.9. The van der Waals surface area contributed by atoms with Gasteiger partial charge in [-0.1, -0.05) is 6.07 Å². The summed E-state index contributed by atoms with van der Waals surface area (Å²) in [6, 6.07) is 6.76. The number of amides is 1. The summed E-state index contributed by atoms with van der Waals surface area (Å²) >= 11 is 0. The van der Waals surface area contributed by atoms with Crippen LogP contribution in [0, 0.1) is 0 Å². The molecule has 1 aromatic carbocycles. The minimum absolute atomic E-state index is 0.110. The first kappa shape index (κ1) is 22.3. The number of nitrogens with zero attached hydrogens (tertiary/aromatic N) is 5. The zero-order valence-corrected chi connectivity index (χ0v) is 16.9. The molecule has 0 spiro atoms. The molecule has 0 N–H and O–H groups in total. The Bertz CT molecular complexity index is 902. The van der Waals surface area contributed by atoms with E-state index in [-0.39, 0.29) is 12.5 Å². The molecule has 3 rings (SSSR count). The van der Waals surface area contributed by atoms with Crippen molar-refractivity contribution >= 4 is 23.5 Å². The summed E-state index contributed by atoms with van der Waals surface area (Å²) in [5.74, 6) is -0.585. The summed E-state index contributed by atoms with van der Waals surface area (Å²) in [7, 11) is 1.63. The van der Waals surface area contributed by atoms with Crippen LogP contribution >= 0.6 is 0 Å². The van der Waals surface area contributed by atoms with Crippen LogP contribution in [0.4, 0.5) is 24.8 Å². The average molecular weight is 437 g/mol. The number of anilines is 2. The second-order valence-corrected chi connectivity index (χ2v) is 6.98. The maximum Gasteiger partial charge on any atom is 0.416 e. The van der Waals surface area contributed by atoms with Gasteiger partial charge >= 0.3 is 12.1 Å². The predicted molar refractivity (Wildman–Crippen MR) is 106 cm³/mol. The highest BCUT2D eigenvalue weighted by atomic mass is 19.4. The second kappa shape index (κ2) is 9.63. The molecule has 0 saturated carbocycles. The largest absolute Gasteiger partial charge is 0.454 e. The first-order valence-electron chi connectivity index (χ1n) is 9.58. The van der Waals surface area contributed by atoms with Gasteiger partial charge in [-0.25, -0.2) is 9.97 Å². The number of halogens is 3. The quantitative estimate of drug-likeness (QED) is 0.638. The molecule has 31 heavy (non-hydrogen) atoms. The molecule has 11 heteroatoms. The van der Waals surface area contributed by atoms with Crippen molar-refractivity contribution in [2.45, 2.75) is 6.18 Å². The maximum absolute atomic E-state index is 12.9. The molecule has 1 aliphatic heterocycles. The Labute approximate surface area is 177 Å². The molecule has 1 aliphatic rings. The Morgan fingerprint density at radius 1 is 1.10 bits per heavy atom. The Kier molecular flexibility index (Phi) is 6.93. The van der Waals surface area contributed by atoms with Gasteiger partial charge in [0.2, 0.25) is 5.95 Å². The molecule has 8 nitrogen and oxygen atoms in total. The normalized spacial score (nSPS) is 14.3. The van der Waals surface area contributed by atoms with Crippen LogP contribution in [-0.4, -0.2) is 73.1 Å². The third-order valence-electron chi connectivity index (χ3n) is 4.79. The summed E-state index contributed by atoms with van der Waals surface area (Å²) in [4.78, 5) is 37.2. The molecule has 0 aliphatic carbocycles. The smallest absolute Gasteiger partial charge is 0.416 e. The highest BCUT2D eigenvalue weighted by Gasteiger charge is 2.31. The van der Waals surface area contributed by atoms with E-state index < -0.39 is 24.3 Å². The summed E-state index contributed by atoms with van der Waals surface area (Å²) in [5, 5.41) is 0. The van der Waals surface area contributed by atoms with Gasteiger partial charge in [0.15, 0.2) is 6.61 Å². The molecule has 0 bridgehead atoms. The van der Waals surface area contributed by atoms with E-state index in [1.54, 1.807) is 36.5 Å². The number of likely N-dealkylation sites (N-methyl/N-ethyl adjacent to an activating group) is 1. The van der Waals surface area contributed by atoms with E-state index in [2.05, 4.69) is 9.97 Å². The lowest BCUT2D eigenvalue weighted by Crippen LogP contribution is -2.50. The molecular weight excluding hydrogens is 415 g/mol. The molecule has 0 atom stereocenters. The first-order valence-corrected chi connectivity index (χ1v) is 9.58. The second-order valence-electron chi connectivity index (χ2n) is 6.98. The van der Waals surface area contributed by atoms with Crippen LogP contribution in [0.1, 0.15) is 5.56 Å². The SMILES string of the molecule is CN(CC(=O)OCC(=O)N1CCN(c2cccc(C(F)(F)F)c2)CC1)c1ncccn1. The number of carbonyl (C=O) groups excluding carboxylic acids is 2. The van der Waals surface area contributed by atoms with Crippen LogP contribution in [0.2, 0.25) is 0 Å². The fraction of sp³-hybridized carbons (Fsp3) is 0.400. The molecule has 0 unspecified atom stereocenters. The Morgan fingerprint density at radius 3 is 2.42 bits per heavy atom. The van der Waals surface area contributed by atoms with Crippen LogP contribution in [-0.2, 0) is 20.5 Å². The van der Waals surface area contributed by atoms with E-state index in [0.29, 0.717) is 37.8 Å². The van der Waals surface area contributed by atoms with Crippen molar-refractivity contribution in [1.82, 2.24) is 14.9 Å². The first-order chi connectivity index (χ1) is 14.7. The number of ether oxygens (including phenoxy) is 1. The lowest BCUT2D eigenvalue weighted by molar-refractivity contribution is -0.151. The molecule has 1 fully saturated rings. The van der Waals surface area contributed by atoms with Crippen molar-refractivity contribution in [3.05, 3.63) is 48.3 Å². The van der Waals surface area contributed by atoms with Crippen LogP contribution in [0.5, 0.6) is 0 Å². The van der Waals surface area contributed by atoms with Gasteiger partial charge in [0.1, 0.15) is 6.54 Å². The van der Waals surface area contributed by atoms with Crippen molar-refractivity contribution in [2.24, 2.45) is 0 Å². The number of rotatable bonds is 6. The van der Waals surface area contributed by atoms with E-state index in [9.17, 15) is 22.8 Å². The van der Waals surface area contributed by atoms with Gasteiger partial charge in [0, 0.05) is 51.3 Å². The number of benzene rings is 1. The van der Waals surface area contributed by atoms with Crippen molar-refractivity contribution in [1.29, 1.82) is 0 Å². The van der Waals surface area contributed by atoms with Gasteiger partial charge in [0.05, 0.1) is 5.56 Å². The fourth-order valence-corrected chi connectivity index (χ4v) is 3.12. The molecule has 1 saturated heterocycles. The third-order valence-corrected chi connectivity index (χ3v) is 4.79. The van der Waals surface area contributed by atoms with Crippen LogP contribution in [0.3, 0.4) is 0 Å². The number of hydrogen-bond acceptors (Lipinski definition) is 7. The summed E-state index contributed by atoms with van der Waals surface area (Å²) in [5.41, 5.74) is -0.249. The topological polar surface area (TPSA) is 78.9 Å². The van der Waals surface area contributed by atoms with E-state index >= 15 is 0 Å². The Hall–Kier alpha value is -3.37. The number of carbonyl (C=O) groups is 2. The number of alkyl halides is 3. The zero-order chi connectivity index (χ0) is 22.4.